The molecule has 3 heterocycles. The van der Waals surface area contributed by atoms with E-state index in [1.54, 1.807) is 12.1 Å². The number of nitrogens with zero attached hydrogens (tertiary/aromatic N) is 4. The Hall–Kier alpha value is -3.75. The number of para-hydroxylation sites is 1. The molecule has 2 aromatic heterocycles. The highest BCUT2D eigenvalue weighted by molar-refractivity contribution is 9.10. The van der Waals surface area contributed by atoms with Crippen LogP contribution < -0.4 is 0 Å². The summed E-state index contributed by atoms with van der Waals surface area (Å²) in [6.45, 7) is 2.06. The minimum atomic E-state index is -0.376. The van der Waals surface area contributed by atoms with Crippen molar-refractivity contribution in [2.45, 2.75) is 19.4 Å². The number of carbonyl (C=O) groups excluding carboxylic acids is 1. The van der Waals surface area contributed by atoms with Crippen LogP contribution in [0.4, 0.5) is 0 Å². The average molecular weight is 630 g/mol. The maximum atomic E-state index is 13.7. The summed E-state index contributed by atoms with van der Waals surface area (Å²) in [7, 11) is 0. The molecule has 5 aromatic rings. The molecule has 1 aliphatic heterocycles. The number of hydrogen-bond acceptors (Lipinski definition) is 4. The summed E-state index contributed by atoms with van der Waals surface area (Å²) in [5, 5.41) is 11.4. The first kappa shape index (κ1) is 24.6. The minimum absolute atomic E-state index is 0.218. The quantitative estimate of drug-likeness (QED) is 0.198. The van der Waals surface area contributed by atoms with E-state index in [2.05, 4.69) is 63.0 Å². The number of amides is 1. The standard InChI is InChI=1S/C30H22Br2N4O2/c1-19-7-9-21(10-8-19)29-24(18-35(34-29)23-5-3-2-4-6-23)26-17-25(20-11-13-22(31)14-12-20)33-36(26)30(37)27-15-16-28(32)38-27/h2-16,18,26H,17H2,1H3/t26-/m0/s1. The number of hydrogen-bond donors (Lipinski definition) is 0. The summed E-state index contributed by atoms with van der Waals surface area (Å²) in [4.78, 5) is 13.7. The molecule has 0 unspecified atom stereocenters. The number of aromatic nitrogens is 2. The van der Waals surface area contributed by atoms with Gasteiger partial charge in [0, 0.05) is 28.2 Å². The molecular weight excluding hydrogens is 608 g/mol. The van der Waals surface area contributed by atoms with Gasteiger partial charge in [0.2, 0.25) is 0 Å². The minimum Gasteiger partial charge on any atom is -0.444 e. The van der Waals surface area contributed by atoms with Gasteiger partial charge in [-0.15, -0.1) is 0 Å². The average Bonchev–Trinajstić information content (AvgIpc) is 3.68. The second kappa shape index (κ2) is 10.2. The highest BCUT2D eigenvalue weighted by atomic mass is 79.9. The van der Waals surface area contributed by atoms with Crippen LogP contribution in [0.25, 0.3) is 16.9 Å². The van der Waals surface area contributed by atoms with Gasteiger partial charge in [0.15, 0.2) is 10.4 Å². The van der Waals surface area contributed by atoms with E-state index in [9.17, 15) is 4.79 Å². The fourth-order valence-corrected chi connectivity index (χ4v) is 5.15. The van der Waals surface area contributed by atoms with Crippen molar-refractivity contribution in [3.8, 4) is 16.9 Å². The monoisotopic (exact) mass is 628 g/mol. The zero-order chi connectivity index (χ0) is 26.2. The fourth-order valence-electron chi connectivity index (χ4n) is 4.58. The Morgan fingerprint density at radius 3 is 2.29 bits per heavy atom. The van der Waals surface area contributed by atoms with Crippen molar-refractivity contribution >= 4 is 43.5 Å². The second-order valence-electron chi connectivity index (χ2n) is 9.11. The van der Waals surface area contributed by atoms with Crippen LogP contribution in [0.15, 0.2) is 116 Å². The van der Waals surface area contributed by atoms with Crippen LogP contribution in [-0.2, 0) is 0 Å². The van der Waals surface area contributed by atoms with Crippen LogP contribution in [0, 0.1) is 6.92 Å². The van der Waals surface area contributed by atoms with Gasteiger partial charge in [-0.1, -0.05) is 76.1 Å². The zero-order valence-electron chi connectivity index (χ0n) is 20.4. The SMILES string of the molecule is Cc1ccc(-c2nn(-c3ccccc3)cc2[C@@H]2CC(c3ccc(Br)cc3)=NN2C(=O)c2ccc(Br)o2)cc1. The maximum absolute atomic E-state index is 13.7. The van der Waals surface area contributed by atoms with Crippen molar-refractivity contribution < 1.29 is 9.21 Å². The molecule has 0 bridgehead atoms. The first-order valence-electron chi connectivity index (χ1n) is 12.1. The smallest absolute Gasteiger partial charge is 0.310 e. The number of halogens is 2. The van der Waals surface area contributed by atoms with Crippen molar-refractivity contribution in [2.75, 3.05) is 0 Å². The van der Waals surface area contributed by atoms with Crippen LogP contribution in [-0.4, -0.2) is 26.4 Å². The van der Waals surface area contributed by atoms with Crippen molar-refractivity contribution in [3.63, 3.8) is 0 Å². The lowest BCUT2D eigenvalue weighted by molar-refractivity contribution is 0.0677. The van der Waals surface area contributed by atoms with Gasteiger partial charge in [-0.25, -0.2) is 9.69 Å². The van der Waals surface area contributed by atoms with E-state index in [1.807, 2.05) is 65.5 Å². The molecule has 6 nitrogen and oxygen atoms in total. The molecule has 0 spiro atoms. The number of rotatable bonds is 5. The molecule has 0 fully saturated rings. The zero-order valence-corrected chi connectivity index (χ0v) is 23.6. The molecule has 6 rings (SSSR count). The first-order chi connectivity index (χ1) is 18.5. The third-order valence-electron chi connectivity index (χ3n) is 6.53. The fraction of sp³-hybridized carbons (Fsp3) is 0.100. The van der Waals surface area contributed by atoms with Crippen molar-refractivity contribution in [1.82, 2.24) is 14.8 Å². The number of benzene rings is 3. The molecule has 0 radical (unpaired) electrons. The van der Waals surface area contributed by atoms with Gasteiger partial charge in [0.1, 0.15) is 0 Å². The summed E-state index contributed by atoms with van der Waals surface area (Å²) >= 11 is 6.81. The Morgan fingerprint density at radius 2 is 1.61 bits per heavy atom. The Balaban J connectivity index is 1.49. The summed E-state index contributed by atoms with van der Waals surface area (Å²) in [5.41, 5.74) is 6.58. The Labute approximate surface area is 236 Å². The van der Waals surface area contributed by atoms with Gasteiger partial charge in [-0.3, -0.25) is 4.79 Å². The molecule has 38 heavy (non-hydrogen) atoms. The molecule has 0 N–H and O–H groups in total. The molecule has 1 atom stereocenters. The highest BCUT2D eigenvalue weighted by Gasteiger charge is 2.37. The van der Waals surface area contributed by atoms with Crippen LogP contribution in [0.1, 0.15) is 39.7 Å². The van der Waals surface area contributed by atoms with E-state index in [-0.39, 0.29) is 17.7 Å². The lowest BCUT2D eigenvalue weighted by atomic mass is 9.96. The van der Waals surface area contributed by atoms with Gasteiger partial charge in [0.05, 0.1) is 23.1 Å². The molecule has 8 heteroatoms. The Bertz CT molecular complexity index is 1640. The molecule has 1 amide bonds. The van der Waals surface area contributed by atoms with E-state index in [1.165, 1.54) is 10.6 Å². The second-order valence-corrected chi connectivity index (χ2v) is 10.8. The highest BCUT2D eigenvalue weighted by Crippen LogP contribution is 2.39. The molecule has 0 saturated heterocycles. The van der Waals surface area contributed by atoms with Crippen molar-refractivity contribution in [3.05, 3.63) is 129 Å². The van der Waals surface area contributed by atoms with E-state index in [0.717, 1.165) is 38.3 Å². The predicted octanol–water partition coefficient (Wildman–Crippen LogP) is 7.96. The van der Waals surface area contributed by atoms with Crippen LogP contribution in [0.2, 0.25) is 0 Å². The number of hydrazone groups is 1. The molecule has 1 aliphatic rings. The molecule has 0 saturated carbocycles. The largest absolute Gasteiger partial charge is 0.444 e. The third-order valence-corrected chi connectivity index (χ3v) is 7.48. The predicted molar refractivity (Wildman–Crippen MR) is 154 cm³/mol. The molecule has 188 valence electrons. The van der Waals surface area contributed by atoms with Gasteiger partial charge in [-0.05, 0) is 64.8 Å². The number of carbonyl (C=O) groups is 1. The molecule has 0 aliphatic carbocycles. The topological polar surface area (TPSA) is 63.6 Å². The summed E-state index contributed by atoms with van der Waals surface area (Å²) in [6.07, 6.45) is 2.54. The van der Waals surface area contributed by atoms with E-state index in [0.29, 0.717) is 11.1 Å². The lowest BCUT2D eigenvalue weighted by Gasteiger charge is -2.21. The summed E-state index contributed by atoms with van der Waals surface area (Å²) in [6, 6.07) is 29.2. The number of aryl methyl sites for hydroxylation is 1. The first-order valence-corrected chi connectivity index (χ1v) is 13.7. The van der Waals surface area contributed by atoms with E-state index < -0.39 is 0 Å². The van der Waals surface area contributed by atoms with Crippen molar-refractivity contribution in [2.24, 2.45) is 5.10 Å². The van der Waals surface area contributed by atoms with Gasteiger partial charge in [0.25, 0.3) is 0 Å². The van der Waals surface area contributed by atoms with Crippen molar-refractivity contribution in [1.29, 1.82) is 0 Å². The Kier molecular flexibility index (Phi) is 6.59. The Morgan fingerprint density at radius 1 is 0.895 bits per heavy atom. The van der Waals surface area contributed by atoms with Gasteiger partial charge >= 0.3 is 5.91 Å². The van der Waals surface area contributed by atoms with E-state index >= 15 is 0 Å². The van der Waals surface area contributed by atoms with Gasteiger partial charge in [-0.2, -0.15) is 10.2 Å². The number of furan rings is 1. The van der Waals surface area contributed by atoms with Crippen LogP contribution in [0.5, 0.6) is 0 Å². The third kappa shape index (κ3) is 4.77. The summed E-state index contributed by atoms with van der Waals surface area (Å²) in [5.74, 6) is -0.0925. The van der Waals surface area contributed by atoms with Crippen LogP contribution in [0.3, 0.4) is 0 Å². The normalized spacial score (nSPS) is 15.1. The summed E-state index contributed by atoms with van der Waals surface area (Å²) < 4.78 is 8.97. The van der Waals surface area contributed by atoms with Gasteiger partial charge < -0.3 is 4.42 Å². The van der Waals surface area contributed by atoms with Crippen LogP contribution >= 0.6 is 31.9 Å². The lowest BCUT2D eigenvalue weighted by Crippen LogP contribution is -2.27. The molecule has 3 aromatic carbocycles. The molecular formula is C30H22Br2N4O2. The van der Waals surface area contributed by atoms with E-state index in [4.69, 9.17) is 14.6 Å². The maximum Gasteiger partial charge on any atom is 0.310 e.